The van der Waals surface area contributed by atoms with Gasteiger partial charge in [0.2, 0.25) is 0 Å². The van der Waals surface area contributed by atoms with E-state index in [1.807, 2.05) is 0 Å². The number of hydrogen-bond donors (Lipinski definition) is 1. The summed E-state index contributed by atoms with van der Waals surface area (Å²) in [4.78, 5) is 0. The zero-order valence-electron chi connectivity index (χ0n) is 10.8. The van der Waals surface area contributed by atoms with Crippen LogP contribution in [0.4, 0.5) is 0 Å². The zero-order chi connectivity index (χ0) is 11.2. The van der Waals surface area contributed by atoms with Gasteiger partial charge in [-0.05, 0) is 30.2 Å². The van der Waals surface area contributed by atoms with Crippen molar-refractivity contribution in [3.8, 4) is 0 Å². The van der Waals surface area contributed by atoms with Crippen LogP contribution in [0, 0.1) is 17.3 Å². The highest BCUT2D eigenvalue weighted by molar-refractivity contribution is 4.77. The maximum atomic E-state index is 5.51. The number of nitrogens with two attached hydrogens (primary N) is 1. The lowest BCUT2D eigenvalue weighted by Gasteiger charge is -2.35. The molecule has 0 saturated heterocycles. The first kappa shape index (κ1) is 14.0. The third-order valence-electron chi connectivity index (χ3n) is 3.35. The Labute approximate surface area is 90.5 Å². The average molecular weight is 199 g/mol. The van der Waals surface area contributed by atoms with Crippen LogP contribution in [0.1, 0.15) is 60.3 Å². The van der Waals surface area contributed by atoms with Crippen LogP contribution in [0.3, 0.4) is 0 Å². The molecule has 1 nitrogen and oxygen atoms in total. The van der Waals surface area contributed by atoms with Gasteiger partial charge < -0.3 is 5.73 Å². The number of hydrogen-bond acceptors (Lipinski definition) is 1. The summed E-state index contributed by atoms with van der Waals surface area (Å²) in [5.41, 5.74) is 5.96. The van der Waals surface area contributed by atoms with Crippen molar-refractivity contribution >= 4 is 0 Å². The SMILES string of the molecule is CCC(C(C)CCCCN)C(C)(C)C. The van der Waals surface area contributed by atoms with Crippen molar-refractivity contribution in [3.63, 3.8) is 0 Å². The van der Waals surface area contributed by atoms with E-state index in [0.717, 1.165) is 18.4 Å². The van der Waals surface area contributed by atoms with E-state index in [-0.39, 0.29) is 0 Å². The standard InChI is InChI=1S/C13H29N/c1-6-12(13(3,4)5)11(2)9-7-8-10-14/h11-12H,6-10,14H2,1-5H3. The summed E-state index contributed by atoms with van der Waals surface area (Å²) < 4.78 is 0. The third-order valence-corrected chi connectivity index (χ3v) is 3.35. The Morgan fingerprint density at radius 2 is 1.71 bits per heavy atom. The van der Waals surface area contributed by atoms with E-state index in [1.54, 1.807) is 0 Å². The summed E-state index contributed by atoms with van der Waals surface area (Å²) in [5.74, 6) is 1.69. The molecule has 0 heterocycles. The summed E-state index contributed by atoms with van der Waals surface area (Å²) in [7, 11) is 0. The van der Waals surface area contributed by atoms with Gasteiger partial charge in [-0.1, -0.05) is 53.9 Å². The van der Waals surface area contributed by atoms with E-state index in [2.05, 4.69) is 34.6 Å². The first-order valence-corrected chi connectivity index (χ1v) is 6.13. The Morgan fingerprint density at radius 1 is 1.14 bits per heavy atom. The predicted molar refractivity (Wildman–Crippen MR) is 65.3 cm³/mol. The van der Waals surface area contributed by atoms with Gasteiger partial charge in [0.05, 0.1) is 0 Å². The van der Waals surface area contributed by atoms with E-state index < -0.39 is 0 Å². The molecular formula is C13H29N. The molecule has 0 aromatic carbocycles. The topological polar surface area (TPSA) is 26.0 Å². The highest BCUT2D eigenvalue weighted by Gasteiger charge is 2.27. The zero-order valence-corrected chi connectivity index (χ0v) is 10.8. The van der Waals surface area contributed by atoms with Gasteiger partial charge in [-0.15, -0.1) is 0 Å². The van der Waals surface area contributed by atoms with Crippen LogP contribution in [-0.4, -0.2) is 6.54 Å². The molecule has 2 N–H and O–H groups in total. The lowest BCUT2D eigenvalue weighted by atomic mass is 9.71. The first-order chi connectivity index (χ1) is 6.43. The van der Waals surface area contributed by atoms with Crippen molar-refractivity contribution in [1.29, 1.82) is 0 Å². The Bertz CT molecular complexity index is 135. The van der Waals surface area contributed by atoms with Gasteiger partial charge in [0, 0.05) is 0 Å². The fourth-order valence-corrected chi connectivity index (χ4v) is 2.68. The van der Waals surface area contributed by atoms with Crippen LogP contribution in [0.5, 0.6) is 0 Å². The molecule has 0 radical (unpaired) electrons. The lowest BCUT2D eigenvalue weighted by molar-refractivity contribution is 0.153. The van der Waals surface area contributed by atoms with Crippen LogP contribution in [-0.2, 0) is 0 Å². The van der Waals surface area contributed by atoms with Crippen molar-refractivity contribution in [2.24, 2.45) is 23.0 Å². The van der Waals surface area contributed by atoms with Crippen LogP contribution >= 0.6 is 0 Å². The highest BCUT2D eigenvalue weighted by Crippen LogP contribution is 2.36. The molecule has 2 unspecified atom stereocenters. The fourth-order valence-electron chi connectivity index (χ4n) is 2.68. The van der Waals surface area contributed by atoms with Gasteiger partial charge >= 0.3 is 0 Å². The Kier molecular flexibility index (Phi) is 6.43. The summed E-state index contributed by atoms with van der Waals surface area (Å²) in [6.07, 6.45) is 5.12. The molecule has 0 aliphatic carbocycles. The molecule has 0 amide bonds. The Morgan fingerprint density at radius 3 is 2.07 bits per heavy atom. The molecule has 0 aliphatic rings. The van der Waals surface area contributed by atoms with Gasteiger partial charge in [-0.25, -0.2) is 0 Å². The summed E-state index contributed by atoms with van der Waals surface area (Å²) >= 11 is 0. The molecule has 0 fully saturated rings. The molecule has 0 rings (SSSR count). The molecule has 2 atom stereocenters. The van der Waals surface area contributed by atoms with Gasteiger partial charge in [0.1, 0.15) is 0 Å². The van der Waals surface area contributed by atoms with E-state index in [1.165, 1.54) is 25.7 Å². The molecule has 86 valence electrons. The minimum Gasteiger partial charge on any atom is -0.330 e. The monoisotopic (exact) mass is 199 g/mol. The van der Waals surface area contributed by atoms with E-state index in [0.29, 0.717) is 5.41 Å². The van der Waals surface area contributed by atoms with Gasteiger partial charge in [-0.2, -0.15) is 0 Å². The van der Waals surface area contributed by atoms with Gasteiger partial charge in [-0.3, -0.25) is 0 Å². The van der Waals surface area contributed by atoms with E-state index >= 15 is 0 Å². The predicted octanol–water partition coefficient (Wildman–Crippen LogP) is 3.82. The molecule has 0 aliphatic heterocycles. The van der Waals surface area contributed by atoms with Crippen LogP contribution in [0.15, 0.2) is 0 Å². The molecule has 0 saturated carbocycles. The second kappa shape index (κ2) is 6.44. The second-order valence-corrected chi connectivity index (χ2v) is 5.64. The Hall–Kier alpha value is -0.0400. The highest BCUT2D eigenvalue weighted by atomic mass is 14.5. The summed E-state index contributed by atoms with van der Waals surface area (Å²) in [5, 5.41) is 0. The molecule has 0 spiro atoms. The molecular weight excluding hydrogens is 170 g/mol. The molecule has 0 bridgehead atoms. The third kappa shape index (κ3) is 4.99. The number of rotatable bonds is 6. The van der Waals surface area contributed by atoms with Crippen LogP contribution in [0.2, 0.25) is 0 Å². The van der Waals surface area contributed by atoms with E-state index in [9.17, 15) is 0 Å². The molecule has 14 heavy (non-hydrogen) atoms. The first-order valence-electron chi connectivity index (χ1n) is 6.13. The average Bonchev–Trinajstić information content (AvgIpc) is 2.03. The van der Waals surface area contributed by atoms with E-state index in [4.69, 9.17) is 5.73 Å². The van der Waals surface area contributed by atoms with Gasteiger partial charge in [0.25, 0.3) is 0 Å². The van der Waals surface area contributed by atoms with Gasteiger partial charge in [0.15, 0.2) is 0 Å². The van der Waals surface area contributed by atoms with Crippen LogP contribution < -0.4 is 5.73 Å². The second-order valence-electron chi connectivity index (χ2n) is 5.64. The number of unbranched alkanes of at least 4 members (excludes halogenated alkanes) is 1. The van der Waals surface area contributed by atoms with Crippen molar-refractivity contribution < 1.29 is 0 Å². The van der Waals surface area contributed by atoms with Crippen molar-refractivity contribution in [1.82, 2.24) is 0 Å². The minimum absolute atomic E-state index is 0.455. The fraction of sp³-hybridized carbons (Fsp3) is 1.00. The largest absolute Gasteiger partial charge is 0.330 e. The maximum absolute atomic E-state index is 5.51. The normalized spacial score (nSPS) is 16.7. The van der Waals surface area contributed by atoms with Crippen molar-refractivity contribution in [2.75, 3.05) is 6.54 Å². The lowest BCUT2D eigenvalue weighted by Crippen LogP contribution is -2.26. The van der Waals surface area contributed by atoms with Crippen LogP contribution in [0.25, 0.3) is 0 Å². The smallest absolute Gasteiger partial charge is 0.00773 e. The summed E-state index contributed by atoms with van der Waals surface area (Å²) in [6, 6.07) is 0. The quantitative estimate of drug-likeness (QED) is 0.647. The molecule has 0 aromatic rings. The summed E-state index contributed by atoms with van der Waals surface area (Å²) in [6.45, 7) is 12.6. The molecule has 1 heteroatoms. The Balaban J connectivity index is 3.98. The minimum atomic E-state index is 0.455. The maximum Gasteiger partial charge on any atom is -0.00773 e. The molecule has 0 aromatic heterocycles. The van der Waals surface area contributed by atoms with Crippen molar-refractivity contribution in [2.45, 2.75) is 60.3 Å². The van der Waals surface area contributed by atoms with Crippen molar-refractivity contribution in [3.05, 3.63) is 0 Å².